The van der Waals surface area contributed by atoms with Gasteiger partial charge in [-0.05, 0) is 77.5 Å². The number of carbonyl (C=O) groups is 1. The zero-order valence-electron chi connectivity index (χ0n) is 19.3. The summed E-state index contributed by atoms with van der Waals surface area (Å²) in [4.78, 5) is 11.4. The Morgan fingerprint density at radius 3 is 2.50 bits per heavy atom. The van der Waals surface area contributed by atoms with Crippen LogP contribution in [0.5, 0.6) is 11.5 Å². The number of allylic oxidation sites excluding steroid dienone is 4. The summed E-state index contributed by atoms with van der Waals surface area (Å²) in [5.41, 5.74) is 4.28. The normalized spacial score (nSPS) is 11.2. The fourth-order valence-electron chi connectivity index (χ4n) is 3.01. The van der Waals surface area contributed by atoms with E-state index in [0.29, 0.717) is 17.7 Å². The van der Waals surface area contributed by atoms with Crippen LogP contribution >= 0.6 is 0 Å². The molecule has 0 atom stereocenters. The van der Waals surface area contributed by atoms with Gasteiger partial charge in [-0.15, -0.1) is 0 Å². The van der Waals surface area contributed by atoms with Gasteiger partial charge in [0, 0.05) is 5.56 Å². The number of hydrogen-bond donors (Lipinski definition) is 1. The number of phenols is 1. The summed E-state index contributed by atoms with van der Waals surface area (Å²) in [6, 6.07) is 3.75. The third-order valence-corrected chi connectivity index (χ3v) is 4.71. The summed E-state index contributed by atoms with van der Waals surface area (Å²) < 4.78 is 15.4. The van der Waals surface area contributed by atoms with Gasteiger partial charge in [-0.3, -0.25) is 0 Å². The van der Waals surface area contributed by atoms with Crippen LogP contribution in [0.3, 0.4) is 0 Å². The predicted molar refractivity (Wildman–Crippen MR) is 121 cm³/mol. The van der Waals surface area contributed by atoms with Crippen molar-refractivity contribution >= 4 is 6.16 Å². The van der Waals surface area contributed by atoms with E-state index in [4.69, 9.17) is 14.2 Å². The smallest absolute Gasteiger partial charge is 0.508 e. The molecule has 0 unspecified atom stereocenters. The number of benzene rings is 1. The van der Waals surface area contributed by atoms with E-state index in [-0.39, 0.29) is 19.1 Å². The monoisotopic (exact) mass is 418 g/mol. The minimum atomic E-state index is -0.766. The van der Waals surface area contributed by atoms with E-state index in [0.717, 1.165) is 44.1 Å². The molecule has 0 aliphatic rings. The van der Waals surface area contributed by atoms with Crippen molar-refractivity contribution in [3.8, 4) is 11.5 Å². The second kappa shape index (κ2) is 14.5. The lowest BCUT2D eigenvalue weighted by molar-refractivity contribution is 0.00652. The van der Waals surface area contributed by atoms with Gasteiger partial charge in [0.05, 0.1) is 6.61 Å². The van der Waals surface area contributed by atoms with Gasteiger partial charge in [0.1, 0.15) is 11.5 Å². The molecule has 0 heterocycles. The molecule has 168 valence electrons. The Balaban J connectivity index is 2.91. The Hall–Kier alpha value is -2.43. The van der Waals surface area contributed by atoms with Crippen molar-refractivity contribution in [1.29, 1.82) is 0 Å². The molecule has 0 saturated carbocycles. The summed E-state index contributed by atoms with van der Waals surface area (Å²) >= 11 is 0. The first kappa shape index (κ1) is 25.6. The van der Waals surface area contributed by atoms with Crippen LogP contribution in [0, 0.1) is 0 Å². The topological polar surface area (TPSA) is 65.0 Å². The molecule has 0 bridgehead atoms. The van der Waals surface area contributed by atoms with Crippen molar-refractivity contribution in [1.82, 2.24) is 0 Å². The largest absolute Gasteiger partial charge is 0.511 e. The summed E-state index contributed by atoms with van der Waals surface area (Å²) in [6.07, 6.45) is 10.3. The zero-order valence-corrected chi connectivity index (χ0v) is 19.3. The highest BCUT2D eigenvalue weighted by atomic mass is 16.8. The molecule has 0 spiro atoms. The van der Waals surface area contributed by atoms with E-state index in [9.17, 15) is 9.90 Å². The number of aryl methyl sites for hydroxylation is 1. The zero-order chi connectivity index (χ0) is 22.4. The molecular weight excluding hydrogens is 380 g/mol. The number of rotatable bonds is 13. The number of carbonyl (C=O) groups excluding carboxylic acids is 1. The summed E-state index contributed by atoms with van der Waals surface area (Å²) in [5, 5.41) is 10.6. The van der Waals surface area contributed by atoms with Crippen LogP contribution in [0.4, 0.5) is 4.79 Å². The van der Waals surface area contributed by atoms with Crippen molar-refractivity contribution in [2.75, 3.05) is 13.4 Å². The minimum absolute atomic E-state index is 0.212. The van der Waals surface area contributed by atoms with E-state index in [1.807, 2.05) is 12.1 Å². The van der Waals surface area contributed by atoms with Crippen LogP contribution in [0.15, 0.2) is 35.4 Å². The van der Waals surface area contributed by atoms with E-state index in [2.05, 4.69) is 39.8 Å². The van der Waals surface area contributed by atoms with Gasteiger partial charge in [0.15, 0.2) is 0 Å². The maximum absolute atomic E-state index is 11.4. The van der Waals surface area contributed by atoms with Gasteiger partial charge in [-0.1, -0.05) is 43.1 Å². The van der Waals surface area contributed by atoms with Gasteiger partial charge in [0.25, 0.3) is 0 Å². The molecular formula is C25H38O5. The second-order valence-electron chi connectivity index (χ2n) is 7.71. The molecule has 0 fully saturated rings. The molecule has 1 aromatic carbocycles. The quantitative estimate of drug-likeness (QED) is 0.164. The Kier molecular flexibility index (Phi) is 12.4. The Morgan fingerprint density at radius 1 is 1.07 bits per heavy atom. The van der Waals surface area contributed by atoms with Gasteiger partial charge in [0.2, 0.25) is 6.79 Å². The third kappa shape index (κ3) is 10.4. The molecule has 0 radical (unpaired) electrons. The molecule has 0 aromatic heterocycles. The number of unbranched alkanes of at least 4 members (excludes halogenated alkanes) is 2. The Morgan fingerprint density at radius 2 is 1.83 bits per heavy atom. The van der Waals surface area contributed by atoms with Crippen LogP contribution in [0.1, 0.15) is 77.8 Å². The number of phenolic OH excluding ortho intramolecular Hbond substituents is 1. The molecule has 5 nitrogen and oxygen atoms in total. The van der Waals surface area contributed by atoms with Gasteiger partial charge >= 0.3 is 6.16 Å². The molecule has 0 amide bonds. The molecule has 0 saturated heterocycles. The van der Waals surface area contributed by atoms with E-state index in [1.165, 1.54) is 11.1 Å². The highest BCUT2D eigenvalue weighted by molar-refractivity contribution is 5.59. The van der Waals surface area contributed by atoms with Gasteiger partial charge < -0.3 is 19.3 Å². The average molecular weight is 419 g/mol. The molecule has 0 aliphatic carbocycles. The molecule has 1 N–H and O–H groups in total. The molecule has 1 rings (SSSR count). The first-order chi connectivity index (χ1) is 14.4. The molecule has 0 aliphatic heterocycles. The molecule has 1 aromatic rings. The first-order valence-electron chi connectivity index (χ1n) is 10.9. The van der Waals surface area contributed by atoms with E-state index in [1.54, 1.807) is 6.92 Å². The summed E-state index contributed by atoms with van der Waals surface area (Å²) in [5.74, 6) is 0.752. The van der Waals surface area contributed by atoms with Crippen LogP contribution in [0.2, 0.25) is 0 Å². The van der Waals surface area contributed by atoms with E-state index >= 15 is 0 Å². The van der Waals surface area contributed by atoms with E-state index < -0.39 is 6.16 Å². The standard InChI is InChI=1S/C25H38O5/c1-6-8-9-13-21-16-23(26)22(15-14-20(5)12-10-11-19(3)4)24(17-21)29-18-30-25(27)28-7-2/h11,14,16-17,26H,6-10,12-13,15,18H2,1-5H3/b20-14+. The Bertz CT molecular complexity index is 714. The number of ether oxygens (including phenoxy) is 3. The van der Waals surface area contributed by atoms with Crippen molar-refractivity contribution in [2.45, 2.75) is 79.6 Å². The van der Waals surface area contributed by atoms with Crippen LogP contribution in [-0.2, 0) is 22.3 Å². The van der Waals surface area contributed by atoms with Crippen LogP contribution < -0.4 is 4.74 Å². The van der Waals surface area contributed by atoms with Crippen LogP contribution in [0.25, 0.3) is 0 Å². The van der Waals surface area contributed by atoms with Crippen LogP contribution in [-0.4, -0.2) is 24.7 Å². The maximum atomic E-state index is 11.4. The highest BCUT2D eigenvalue weighted by Gasteiger charge is 2.13. The lowest BCUT2D eigenvalue weighted by Crippen LogP contribution is -2.12. The molecule has 30 heavy (non-hydrogen) atoms. The van der Waals surface area contributed by atoms with Gasteiger partial charge in [-0.2, -0.15) is 0 Å². The predicted octanol–water partition coefficient (Wildman–Crippen LogP) is 6.87. The lowest BCUT2D eigenvalue weighted by atomic mass is 10.0. The van der Waals surface area contributed by atoms with Crippen molar-refractivity contribution in [3.05, 3.63) is 46.6 Å². The van der Waals surface area contributed by atoms with Crippen molar-refractivity contribution < 1.29 is 24.1 Å². The summed E-state index contributed by atoms with van der Waals surface area (Å²) in [6.45, 7) is 10.2. The number of aromatic hydroxyl groups is 1. The maximum Gasteiger partial charge on any atom is 0.511 e. The third-order valence-electron chi connectivity index (χ3n) is 4.71. The van der Waals surface area contributed by atoms with Crippen molar-refractivity contribution in [3.63, 3.8) is 0 Å². The summed E-state index contributed by atoms with van der Waals surface area (Å²) in [7, 11) is 0. The fourth-order valence-corrected chi connectivity index (χ4v) is 3.01. The fraction of sp³-hybridized carbons (Fsp3) is 0.560. The first-order valence-corrected chi connectivity index (χ1v) is 10.9. The van der Waals surface area contributed by atoms with Gasteiger partial charge in [-0.25, -0.2) is 4.79 Å². The average Bonchev–Trinajstić information content (AvgIpc) is 2.67. The second-order valence-corrected chi connectivity index (χ2v) is 7.71. The molecule has 5 heteroatoms. The van der Waals surface area contributed by atoms with Crippen molar-refractivity contribution in [2.24, 2.45) is 0 Å². The Labute approximate surface area is 181 Å². The highest BCUT2D eigenvalue weighted by Crippen LogP contribution is 2.32. The SMILES string of the molecule is CCCCCc1cc(O)c(C/C=C(\C)CCC=C(C)C)c(OCOC(=O)OCC)c1. The lowest BCUT2D eigenvalue weighted by Gasteiger charge is -2.15. The number of hydrogen-bond acceptors (Lipinski definition) is 5. The minimum Gasteiger partial charge on any atom is -0.508 e.